The van der Waals surface area contributed by atoms with E-state index in [0.29, 0.717) is 4.88 Å². The average molecular weight is 431 g/mol. The lowest BCUT2D eigenvalue weighted by Crippen LogP contribution is -1.96. The Hall–Kier alpha value is -3.64. The van der Waals surface area contributed by atoms with Crippen LogP contribution in [0.3, 0.4) is 0 Å². The van der Waals surface area contributed by atoms with Gasteiger partial charge in [-0.1, -0.05) is 24.3 Å². The molecule has 0 N–H and O–H groups in total. The quantitative estimate of drug-likeness (QED) is 0.293. The van der Waals surface area contributed by atoms with Gasteiger partial charge in [0.25, 0.3) is 0 Å². The summed E-state index contributed by atoms with van der Waals surface area (Å²) in [6, 6.07) is 18.2. The average Bonchev–Trinajstić information content (AvgIpc) is 3.24. The molecule has 5 rings (SSSR count). The number of methoxy groups -OCH3 is 1. The minimum atomic E-state index is -0.400. The van der Waals surface area contributed by atoms with Crippen molar-refractivity contribution in [3.63, 3.8) is 0 Å². The highest BCUT2D eigenvalue weighted by atomic mass is 32.1. The van der Waals surface area contributed by atoms with Crippen LogP contribution in [0.5, 0.6) is 0 Å². The highest BCUT2D eigenvalue weighted by Crippen LogP contribution is 2.39. The molecule has 5 aromatic rings. The maximum atomic E-state index is 13.5. The number of thiophene rings is 1. The number of ether oxygens (including phenoxy) is 1. The molecule has 0 saturated heterocycles. The van der Waals surface area contributed by atoms with Gasteiger partial charge < -0.3 is 4.74 Å². The first-order chi connectivity index (χ1) is 15.0. The molecule has 0 bridgehead atoms. The second kappa shape index (κ2) is 7.56. The topological polar surface area (TPSA) is 39.2 Å². The van der Waals surface area contributed by atoms with E-state index in [1.54, 1.807) is 36.5 Å². The van der Waals surface area contributed by atoms with Crippen LogP contribution < -0.4 is 0 Å². The number of aromatic nitrogens is 1. The maximum absolute atomic E-state index is 13.5. The molecule has 0 aliphatic carbocycles. The molecule has 0 aliphatic heterocycles. The highest BCUT2D eigenvalue weighted by molar-refractivity contribution is 7.21. The number of pyridine rings is 1. The van der Waals surface area contributed by atoms with Crippen LogP contribution in [-0.2, 0) is 4.74 Å². The van der Waals surface area contributed by atoms with Crippen LogP contribution in [0.2, 0.25) is 0 Å². The Balaban J connectivity index is 1.84. The van der Waals surface area contributed by atoms with E-state index in [-0.39, 0.29) is 11.6 Å². The Labute approximate surface area is 180 Å². The first-order valence-electron chi connectivity index (χ1n) is 9.50. The van der Waals surface area contributed by atoms with Crippen LogP contribution in [0.15, 0.2) is 72.9 Å². The molecule has 0 amide bonds. The number of carbonyl (C=O) groups excluding carboxylic acids is 1. The van der Waals surface area contributed by atoms with E-state index in [4.69, 9.17) is 4.74 Å². The minimum Gasteiger partial charge on any atom is -0.465 e. The molecule has 3 aromatic carbocycles. The van der Waals surface area contributed by atoms with Gasteiger partial charge in [-0.25, -0.2) is 13.6 Å². The fourth-order valence-corrected chi connectivity index (χ4v) is 4.72. The molecule has 152 valence electrons. The second-order valence-electron chi connectivity index (χ2n) is 7.08. The molecule has 0 saturated carbocycles. The third-order valence-corrected chi connectivity index (χ3v) is 6.33. The number of fused-ring (bicyclic) bond motifs is 3. The lowest BCUT2D eigenvalue weighted by Gasteiger charge is -2.11. The predicted octanol–water partition coefficient (Wildman–Crippen LogP) is 6.85. The summed E-state index contributed by atoms with van der Waals surface area (Å²) in [5.74, 6) is -1.03. The molecule has 0 spiro atoms. The van der Waals surface area contributed by atoms with Crippen molar-refractivity contribution >= 4 is 38.3 Å². The number of nitrogens with zero attached hydrogens (tertiary/aromatic N) is 1. The number of rotatable bonds is 3. The second-order valence-corrected chi connectivity index (χ2v) is 8.13. The molecule has 0 fully saturated rings. The fourth-order valence-electron chi connectivity index (χ4n) is 3.65. The molecule has 0 aliphatic rings. The summed E-state index contributed by atoms with van der Waals surface area (Å²) in [7, 11) is 1.35. The number of esters is 1. The first-order valence-corrected chi connectivity index (χ1v) is 10.3. The standard InChI is InChI=1S/C25H15F2NO2S/c1-30-25(29)22-12-17-13-28-23-20(15-4-8-19(27)9-5-15)10-16(11-21(23)24(17)31-22)14-2-6-18(26)7-3-14/h2-13H,1H3. The van der Waals surface area contributed by atoms with E-state index >= 15 is 0 Å². The molecule has 0 atom stereocenters. The van der Waals surface area contributed by atoms with Crippen molar-refractivity contribution in [3.8, 4) is 22.3 Å². The van der Waals surface area contributed by atoms with Gasteiger partial charge in [0.05, 0.1) is 12.6 Å². The monoisotopic (exact) mass is 431 g/mol. The van der Waals surface area contributed by atoms with Crippen molar-refractivity contribution < 1.29 is 18.3 Å². The van der Waals surface area contributed by atoms with E-state index < -0.39 is 5.97 Å². The largest absolute Gasteiger partial charge is 0.465 e. The third-order valence-electron chi connectivity index (χ3n) is 5.17. The normalized spacial score (nSPS) is 11.2. The first kappa shape index (κ1) is 19.3. The van der Waals surface area contributed by atoms with E-state index in [1.165, 1.54) is 42.7 Å². The van der Waals surface area contributed by atoms with E-state index in [2.05, 4.69) is 4.98 Å². The van der Waals surface area contributed by atoms with Gasteiger partial charge in [-0.15, -0.1) is 11.3 Å². The number of benzene rings is 3. The van der Waals surface area contributed by atoms with Crippen LogP contribution in [0, 0.1) is 11.6 Å². The summed E-state index contributed by atoms with van der Waals surface area (Å²) in [4.78, 5) is 17.2. The SMILES string of the molecule is COC(=O)c1cc2cnc3c(-c4ccc(F)cc4)cc(-c4ccc(F)cc4)cc3c2s1. The summed E-state index contributed by atoms with van der Waals surface area (Å²) in [5, 5.41) is 1.69. The van der Waals surface area contributed by atoms with Crippen molar-refractivity contribution in [2.75, 3.05) is 7.11 Å². The predicted molar refractivity (Wildman–Crippen MR) is 119 cm³/mol. The molecular weight excluding hydrogens is 416 g/mol. The Morgan fingerprint density at radius 1 is 0.871 bits per heavy atom. The van der Waals surface area contributed by atoms with Crippen LogP contribution >= 0.6 is 11.3 Å². The van der Waals surface area contributed by atoms with Gasteiger partial charge in [-0.3, -0.25) is 4.98 Å². The summed E-state index contributed by atoms with van der Waals surface area (Å²) in [5.41, 5.74) is 4.09. The van der Waals surface area contributed by atoms with Crippen molar-refractivity contribution in [2.45, 2.75) is 0 Å². The zero-order valence-corrected chi connectivity index (χ0v) is 17.2. The Morgan fingerprint density at radius 3 is 2.16 bits per heavy atom. The number of hydrogen-bond acceptors (Lipinski definition) is 4. The van der Waals surface area contributed by atoms with Gasteiger partial charge in [0.1, 0.15) is 16.5 Å². The Morgan fingerprint density at radius 2 is 1.52 bits per heavy atom. The van der Waals surface area contributed by atoms with Crippen LogP contribution in [0.4, 0.5) is 8.78 Å². The lowest BCUT2D eigenvalue weighted by atomic mass is 9.95. The highest BCUT2D eigenvalue weighted by Gasteiger charge is 2.16. The summed E-state index contributed by atoms with van der Waals surface area (Å²) in [6.07, 6.45) is 1.73. The Bertz CT molecular complexity index is 1440. The van der Waals surface area contributed by atoms with Crippen LogP contribution in [-0.4, -0.2) is 18.1 Å². The molecule has 0 unspecified atom stereocenters. The Kier molecular flexibility index (Phi) is 4.71. The van der Waals surface area contributed by atoms with Gasteiger partial charge in [-0.2, -0.15) is 0 Å². The van der Waals surface area contributed by atoms with Gasteiger partial charge in [0.2, 0.25) is 0 Å². The van der Waals surface area contributed by atoms with Crippen molar-refractivity contribution in [1.29, 1.82) is 0 Å². The zero-order valence-electron chi connectivity index (χ0n) is 16.4. The minimum absolute atomic E-state index is 0.312. The van der Waals surface area contributed by atoms with E-state index in [9.17, 15) is 13.6 Å². The maximum Gasteiger partial charge on any atom is 0.348 e. The summed E-state index contributed by atoms with van der Waals surface area (Å²) >= 11 is 1.34. The summed E-state index contributed by atoms with van der Waals surface area (Å²) in [6.45, 7) is 0. The number of carbonyl (C=O) groups is 1. The molecule has 0 radical (unpaired) electrons. The van der Waals surface area contributed by atoms with Gasteiger partial charge in [0.15, 0.2) is 0 Å². The van der Waals surface area contributed by atoms with Crippen molar-refractivity contribution in [1.82, 2.24) is 4.98 Å². The zero-order chi connectivity index (χ0) is 21.5. The smallest absolute Gasteiger partial charge is 0.348 e. The van der Waals surface area contributed by atoms with Crippen LogP contribution in [0.1, 0.15) is 9.67 Å². The van der Waals surface area contributed by atoms with E-state index in [1.807, 2.05) is 12.1 Å². The van der Waals surface area contributed by atoms with Crippen LogP contribution in [0.25, 0.3) is 43.2 Å². The molecule has 2 heterocycles. The molecule has 6 heteroatoms. The van der Waals surface area contributed by atoms with Gasteiger partial charge in [0, 0.05) is 27.2 Å². The molecule has 3 nitrogen and oxygen atoms in total. The third kappa shape index (κ3) is 3.45. The number of halogens is 2. The molecule has 31 heavy (non-hydrogen) atoms. The van der Waals surface area contributed by atoms with Crippen molar-refractivity contribution in [2.24, 2.45) is 0 Å². The molecule has 2 aromatic heterocycles. The van der Waals surface area contributed by atoms with Crippen molar-refractivity contribution in [3.05, 3.63) is 89.4 Å². The fraction of sp³-hybridized carbons (Fsp3) is 0.0400. The number of hydrogen-bond donors (Lipinski definition) is 0. The lowest BCUT2D eigenvalue weighted by molar-refractivity contribution is 0.0606. The summed E-state index contributed by atoms with van der Waals surface area (Å²) < 4.78 is 32.8. The van der Waals surface area contributed by atoms with E-state index in [0.717, 1.165) is 43.2 Å². The molecular formula is C25H15F2NO2S. The van der Waals surface area contributed by atoms with Gasteiger partial charge in [-0.05, 0) is 59.2 Å². The van der Waals surface area contributed by atoms with Gasteiger partial charge >= 0.3 is 5.97 Å².